The molecule has 1 aromatic heterocycles. The molecular formula is C18H30N4O2. The fraction of sp³-hybridized carbons (Fsp3) is 0.778. The molecule has 0 bridgehead atoms. The summed E-state index contributed by atoms with van der Waals surface area (Å²) in [5, 5.41) is 4.56. The largest absolute Gasteiger partial charge is 0.481 e. The summed E-state index contributed by atoms with van der Waals surface area (Å²) in [4.78, 5) is 16.1. The minimum Gasteiger partial charge on any atom is -0.481 e. The van der Waals surface area contributed by atoms with Gasteiger partial charge in [0.05, 0.1) is 18.4 Å². The fourth-order valence-electron chi connectivity index (χ4n) is 4.41. The molecule has 2 saturated heterocycles. The summed E-state index contributed by atoms with van der Waals surface area (Å²) in [5.74, 6) is 1.79. The van der Waals surface area contributed by atoms with Crippen molar-refractivity contribution < 1.29 is 9.53 Å². The third-order valence-corrected chi connectivity index (χ3v) is 5.66. The number of nitrogens with zero attached hydrogens (tertiary/aromatic N) is 4. The van der Waals surface area contributed by atoms with E-state index in [2.05, 4.69) is 16.9 Å². The van der Waals surface area contributed by atoms with Crippen molar-refractivity contribution in [1.29, 1.82) is 0 Å². The lowest BCUT2D eigenvalue weighted by Crippen LogP contribution is -2.40. The van der Waals surface area contributed by atoms with Crippen molar-refractivity contribution in [3.63, 3.8) is 0 Å². The molecule has 0 N–H and O–H groups in total. The first-order valence-corrected chi connectivity index (χ1v) is 9.08. The summed E-state index contributed by atoms with van der Waals surface area (Å²) >= 11 is 0. The molecule has 1 atom stereocenters. The van der Waals surface area contributed by atoms with Crippen LogP contribution in [0.4, 0.5) is 0 Å². The number of hydrogen-bond donors (Lipinski definition) is 0. The van der Waals surface area contributed by atoms with Crippen molar-refractivity contribution in [2.45, 2.75) is 45.6 Å². The lowest BCUT2D eigenvalue weighted by molar-refractivity contribution is -0.130. The summed E-state index contributed by atoms with van der Waals surface area (Å²) in [6.07, 6.45) is 4.64. The lowest BCUT2D eigenvalue weighted by Gasteiger charge is -2.35. The van der Waals surface area contributed by atoms with E-state index in [1.165, 1.54) is 18.4 Å². The van der Waals surface area contributed by atoms with Crippen molar-refractivity contribution in [1.82, 2.24) is 19.6 Å². The second kappa shape index (κ2) is 7.13. The first kappa shape index (κ1) is 17.3. The van der Waals surface area contributed by atoms with Crippen LogP contribution in [0.5, 0.6) is 5.88 Å². The molecule has 2 fully saturated rings. The summed E-state index contributed by atoms with van der Waals surface area (Å²) in [5.41, 5.74) is 2.34. The van der Waals surface area contributed by atoms with E-state index in [1.54, 1.807) is 14.0 Å². The maximum atomic E-state index is 11.5. The molecule has 1 aromatic rings. The third-order valence-electron chi connectivity index (χ3n) is 5.66. The normalized spacial score (nSPS) is 23.0. The lowest BCUT2D eigenvalue weighted by atomic mass is 9.95. The van der Waals surface area contributed by atoms with E-state index in [-0.39, 0.29) is 5.91 Å². The van der Waals surface area contributed by atoms with E-state index in [0.717, 1.165) is 50.6 Å². The van der Waals surface area contributed by atoms with Gasteiger partial charge in [-0.3, -0.25) is 9.69 Å². The Morgan fingerprint density at radius 2 is 1.96 bits per heavy atom. The maximum absolute atomic E-state index is 11.5. The number of hydrogen-bond acceptors (Lipinski definition) is 4. The van der Waals surface area contributed by atoms with Crippen LogP contribution in [0.25, 0.3) is 0 Å². The van der Waals surface area contributed by atoms with Gasteiger partial charge in [0.15, 0.2) is 0 Å². The van der Waals surface area contributed by atoms with Crippen LogP contribution in [-0.2, 0) is 11.8 Å². The van der Waals surface area contributed by atoms with Crippen LogP contribution in [-0.4, -0.2) is 58.8 Å². The average molecular weight is 334 g/mol. The van der Waals surface area contributed by atoms with Gasteiger partial charge in [0.1, 0.15) is 0 Å². The first-order valence-electron chi connectivity index (χ1n) is 9.08. The van der Waals surface area contributed by atoms with E-state index in [0.29, 0.717) is 12.0 Å². The standard InChI is InChI=1S/C18H30N4O2/c1-13-17(18(24-4)20(3)19-13)16-6-5-9-22(16)12-15-7-10-21(11-8-15)14(2)23/h15-16H,5-12H2,1-4H3. The zero-order chi connectivity index (χ0) is 17.3. The zero-order valence-corrected chi connectivity index (χ0v) is 15.4. The van der Waals surface area contributed by atoms with Gasteiger partial charge in [0, 0.05) is 39.6 Å². The van der Waals surface area contributed by atoms with Gasteiger partial charge in [0.2, 0.25) is 11.8 Å². The number of ether oxygens (including phenoxy) is 1. The molecule has 0 saturated carbocycles. The highest BCUT2D eigenvalue weighted by atomic mass is 16.5. The van der Waals surface area contributed by atoms with E-state index in [1.807, 2.05) is 16.6 Å². The van der Waals surface area contributed by atoms with Crippen molar-refractivity contribution in [3.8, 4) is 5.88 Å². The smallest absolute Gasteiger partial charge is 0.219 e. The molecule has 3 rings (SSSR count). The van der Waals surface area contributed by atoms with Crippen LogP contribution in [0.2, 0.25) is 0 Å². The third kappa shape index (κ3) is 3.29. The number of aromatic nitrogens is 2. The van der Waals surface area contributed by atoms with Crippen LogP contribution in [0.15, 0.2) is 0 Å². The molecular weight excluding hydrogens is 304 g/mol. The predicted octanol–water partition coefficient (Wildman–Crippen LogP) is 2.13. The fourth-order valence-corrected chi connectivity index (χ4v) is 4.41. The molecule has 134 valence electrons. The van der Waals surface area contributed by atoms with Crippen molar-refractivity contribution >= 4 is 5.91 Å². The molecule has 1 amide bonds. The van der Waals surface area contributed by atoms with Crippen LogP contribution in [0.3, 0.4) is 0 Å². The van der Waals surface area contributed by atoms with E-state index < -0.39 is 0 Å². The molecule has 2 aliphatic heterocycles. The molecule has 24 heavy (non-hydrogen) atoms. The molecule has 0 aromatic carbocycles. The molecule has 6 nitrogen and oxygen atoms in total. The van der Waals surface area contributed by atoms with Gasteiger partial charge >= 0.3 is 0 Å². The van der Waals surface area contributed by atoms with E-state index in [9.17, 15) is 4.79 Å². The molecule has 0 spiro atoms. The van der Waals surface area contributed by atoms with Gasteiger partial charge in [0.25, 0.3) is 0 Å². The Morgan fingerprint density at radius 3 is 2.58 bits per heavy atom. The van der Waals surface area contributed by atoms with Crippen LogP contribution >= 0.6 is 0 Å². The molecule has 0 aliphatic carbocycles. The second-order valence-electron chi connectivity index (χ2n) is 7.23. The summed E-state index contributed by atoms with van der Waals surface area (Å²) in [7, 11) is 3.68. The number of methoxy groups -OCH3 is 1. The number of amides is 1. The highest BCUT2D eigenvalue weighted by Crippen LogP contribution is 2.39. The summed E-state index contributed by atoms with van der Waals surface area (Å²) < 4.78 is 7.47. The van der Waals surface area contributed by atoms with Gasteiger partial charge in [-0.05, 0) is 45.1 Å². The number of carbonyl (C=O) groups excluding carboxylic acids is 1. The van der Waals surface area contributed by atoms with E-state index >= 15 is 0 Å². The number of carbonyl (C=O) groups is 1. The quantitative estimate of drug-likeness (QED) is 0.846. The maximum Gasteiger partial charge on any atom is 0.219 e. The van der Waals surface area contributed by atoms with Gasteiger partial charge < -0.3 is 9.64 Å². The van der Waals surface area contributed by atoms with Crippen LogP contribution in [0, 0.1) is 12.8 Å². The zero-order valence-electron chi connectivity index (χ0n) is 15.4. The Morgan fingerprint density at radius 1 is 1.25 bits per heavy atom. The average Bonchev–Trinajstić information content (AvgIpc) is 3.10. The van der Waals surface area contributed by atoms with E-state index in [4.69, 9.17) is 4.74 Å². The molecule has 1 unspecified atom stereocenters. The minimum atomic E-state index is 0.211. The molecule has 2 aliphatic rings. The molecule has 0 radical (unpaired) electrons. The summed E-state index contributed by atoms with van der Waals surface area (Å²) in [6.45, 7) is 7.85. The Hall–Kier alpha value is -1.56. The molecule has 6 heteroatoms. The Labute approximate surface area is 144 Å². The van der Waals surface area contributed by atoms with Gasteiger partial charge in [-0.25, -0.2) is 4.68 Å². The van der Waals surface area contributed by atoms with Crippen molar-refractivity contribution in [2.24, 2.45) is 13.0 Å². The summed E-state index contributed by atoms with van der Waals surface area (Å²) in [6, 6.07) is 0.416. The molecule has 3 heterocycles. The van der Waals surface area contributed by atoms with Crippen molar-refractivity contribution in [2.75, 3.05) is 33.3 Å². The van der Waals surface area contributed by atoms with Crippen molar-refractivity contribution in [3.05, 3.63) is 11.3 Å². The van der Waals surface area contributed by atoms with Gasteiger partial charge in [-0.15, -0.1) is 0 Å². The monoisotopic (exact) mass is 334 g/mol. The van der Waals surface area contributed by atoms with Gasteiger partial charge in [-0.2, -0.15) is 5.10 Å². The number of rotatable bonds is 4. The van der Waals surface area contributed by atoms with Gasteiger partial charge in [-0.1, -0.05) is 0 Å². The topological polar surface area (TPSA) is 50.6 Å². The Bertz CT molecular complexity index is 590. The minimum absolute atomic E-state index is 0.211. The Balaban J connectivity index is 1.68. The van der Waals surface area contributed by atoms with Crippen LogP contribution in [0.1, 0.15) is 49.9 Å². The number of aryl methyl sites for hydroxylation is 2. The highest BCUT2D eigenvalue weighted by molar-refractivity contribution is 5.73. The first-order chi connectivity index (χ1) is 11.5. The number of piperidine rings is 1. The highest BCUT2D eigenvalue weighted by Gasteiger charge is 2.34. The van der Waals surface area contributed by atoms with Crippen LogP contribution < -0.4 is 4.74 Å². The SMILES string of the molecule is COc1c(C2CCCN2CC2CCN(C(C)=O)CC2)c(C)nn1C. The Kier molecular flexibility index (Phi) is 5.13. The second-order valence-corrected chi connectivity index (χ2v) is 7.23. The predicted molar refractivity (Wildman–Crippen MR) is 93.0 cm³/mol. The number of likely N-dealkylation sites (tertiary alicyclic amines) is 2.